The SMILES string of the molecule is COC(=O)c1ccc(OCCOc2ccc(-c3ccccc3)cc2)c(OCCOc2ccc(-c3ccccc3)cc2)c1C(=O)OC. The molecule has 8 nitrogen and oxygen atoms in total. The molecule has 0 aromatic heterocycles. The lowest BCUT2D eigenvalue weighted by molar-refractivity contribution is 0.0549. The van der Waals surface area contributed by atoms with Crippen molar-refractivity contribution < 1.29 is 38.0 Å². The Kier molecular flexibility index (Phi) is 10.9. The van der Waals surface area contributed by atoms with Crippen molar-refractivity contribution in [2.24, 2.45) is 0 Å². The number of carbonyl (C=O) groups excluding carboxylic acids is 2. The van der Waals surface area contributed by atoms with E-state index in [2.05, 4.69) is 0 Å². The van der Waals surface area contributed by atoms with Crippen LogP contribution in [0.4, 0.5) is 0 Å². The highest BCUT2D eigenvalue weighted by molar-refractivity contribution is 6.05. The fourth-order valence-corrected chi connectivity index (χ4v) is 4.77. The van der Waals surface area contributed by atoms with Crippen molar-refractivity contribution in [2.45, 2.75) is 0 Å². The van der Waals surface area contributed by atoms with Gasteiger partial charge in [-0.15, -0.1) is 0 Å². The van der Waals surface area contributed by atoms with Gasteiger partial charge in [0.05, 0.1) is 19.8 Å². The van der Waals surface area contributed by atoms with E-state index in [1.807, 2.05) is 109 Å². The molecule has 0 amide bonds. The van der Waals surface area contributed by atoms with Crippen LogP contribution in [0.5, 0.6) is 23.0 Å². The van der Waals surface area contributed by atoms with E-state index in [9.17, 15) is 9.59 Å². The predicted octanol–water partition coefficient (Wildman–Crippen LogP) is 7.51. The zero-order valence-corrected chi connectivity index (χ0v) is 25.6. The lowest BCUT2D eigenvalue weighted by atomic mass is 10.1. The predicted molar refractivity (Wildman–Crippen MR) is 175 cm³/mol. The van der Waals surface area contributed by atoms with Gasteiger partial charge >= 0.3 is 11.9 Å². The summed E-state index contributed by atoms with van der Waals surface area (Å²) in [6.45, 7) is 0.572. The Morgan fingerprint density at radius 1 is 0.457 bits per heavy atom. The van der Waals surface area contributed by atoms with Crippen LogP contribution >= 0.6 is 0 Å². The summed E-state index contributed by atoms with van der Waals surface area (Å²) in [4.78, 5) is 25.4. The van der Waals surface area contributed by atoms with Gasteiger partial charge in [0.2, 0.25) is 0 Å². The lowest BCUT2D eigenvalue weighted by Crippen LogP contribution is -2.18. The summed E-state index contributed by atoms with van der Waals surface area (Å²) in [6.07, 6.45) is 0. The van der Waals surface area contributed by atoms with Crippen molar-refractivity contribution in [1.82, 2.24) is 0 Å². The molecular weight excluding hydrogens is 584 g/mol. The second-order valence-electron chi connectivity index (χ2n) is 9.97. The van der Waals surface area contributed by atoms with E-state index in [4.69, 9.17) is 28.4 Å². The molecule has 0 unspecified atom stereocenters. The number of esters is 2. The first-order valence-electron chi connectivity index (χ1n) is 14.7. The third-order valence-corrected chi connectivity index (χ3v) is 7.05. The minimum absolute atomic E-state index is 0.0103. The maximum atomic E-state index is 12.9. The van der Waals surface area contributed by atoms with Gasteiger partial charge in [-0.3, -0.25) is 0 Å². The van der Waals surface area contributed by atoms with E-state index in [0.717, 1.165) is 22.3 Å². The summed E-state index contributed by atoms with van der Waals surface area (Å²) < 4.78 is 33.6. The second-order valence-corrected chi connectivity index (χ2v) is 9.97. The van der Waals surface area contributed by atoms with Crippen molar-refractivity contribution in [3.8, 4) is 45.3 Å². The molecule has 46 heavy (non-hydrogen) atoms. The quantitative estimate of drug-likeness (QED) is 0.0933. The molecule has 0 radical (unpaired) electrons. The maximum absolute atomic E-state index is 12.9. The van der Waals surface area contributed by atoms with Gasteiger partial charge in [-0.1, -0.05) is 84.9 Å². The van der Waals surface area contributed by atoms with Crippen LogP contribution in [0.1, 0.15) is 20.7 Å². The van der Waals surface area contributed by atoms with Crippen LogP contribution in [0, 0.1) is 0 Å². The normalized spacial score (nSPS) is 10.5. The molecule has 0 atom stereocenters. The standard InChI is InChI=1S/C38H34O8/c1-41-37(39)33-21-22-34(45-25-23-43-31-17-13-29(14-18-31)27-9-5-3-6-10-27)36(35(33)38(40)42-2)46-26-24-44-32-19-15-30(16-20-32)28-11-7-4-8-12-28/h3-22H,23-26H2,1-2H3. The highest BCUT2D eigenvalue weighted by Crippen LogP contribution is 2.35. The molecule has 5 aromatic carbocycles. The largest absolute Gasteiger partial charge is 0.490 e. The summed E-state index contributed by atoms with van der Waals surface area (Å²) in [7, 11) is 2.45. The van der Waals surface area contributed by atoms with Gasteiger partial charge in [-0.2, -0.15) is 0 Å². The Bertz CT molecular complexity index is 1720. The van der Waals surface area contributed by atoms with Crippen LogP contribution in [0.15, 0.2) is 121 Å². The van der Waals surface area contributed by atoms with Crippen molar-refractivity contribution in [2.75, 3.05) is 40.6 Å². The lowest BCUT2D eigenvalue weighted by Gasteiger charge is -2.18. The van der Waals surface area contributed by atoms with Crippen LogP contribution in [0.25, 0.3) is 22.3 Å². The Morgan fingerprint density at radius 2 is 0.891 bits per heavy atom. The molecule has 0 aliphatic carbocycles. The van der Waals surface area contributed by atoms with Crippen molar-refractivity contribution in [1.29, 1.82) is 0 Å². The van der Waals surface area contributed by atoms with E-state index >= 15 is 0 Å². The van der Waals surface area contributed by atoms with E-state index in [-0.39, 0.29) is 49.1 Å². The summed E-state index contributed by atoms with van der Waals surface area (Å²) in [5, 5.41) is 0. The van der Waals surface area contributed by atoms with Crippen molar-refractivity contribution in [3.63, 3.8) is 0 Å². The van der Waals surface area contributed by atoms with Crippen molar-refractivity contribution in [3.05, 3.63) is 132 Å². The third-order valence-electron chi connectivity index (χ3n) is 7.05. The smallest absolute Gasteiger partial charge is 0.342 e. The van der Waals surface area contributed by atoms with Gasteiger partial charge in [0, 0.05) is 0 Å². The average Bonchev–Trinajstić information content (AvgIpc) is 3.12. The Balaban J connectivity index is 1.23. The molecule has 0 fully saturated rings. The highest BCUT2D eigenvalue weighted by atomic mass is 16.6. The zero-order chi connectivity index (χ0) is 32.1. The number of hydrogen-bond acceptors (Lipinski definition) is 8. The van der Waals surface area contributed by atoms with Gasteiger partial charge < -0.3 is 28.4 Å². The number of rotatable bonds is 14. The highest BCUT2D eigenvalue weighted by Gasteiger charge is 2.27. The van der Waals surface area contributed by atoms with Gasteiger partial charge in [-0.05, 0) is 58.7 Å². The van der Waals surface area contributed by atoms with Crippen LogP contribution in [0.3, 0.4) is 0 Å². The van der Waals surface area contributed by atoms with Crippen LogP contribution in [-0.4, -0.2) is 52.6 Å². The van der Waals surface area contributed by atoms with E-state index in [1.165, 1.54) is 20.3 Å². The molecule has 0 aliphatic heterocycles. The van der Waals surface area contributed by atoms with Gasteiger partial charge in [0.15, 0.2) is 11.5 Å². The molecule has 5 aromatic rings. The van der Waals surface area contributed by atoms with Crippen LogP contribution in [0.2, 0.25) is 0 Å². The molecule has 0 aliphatic rings. The molecule has 0 bridgehead atoms. The molecule has 0 heterocycles. The van der Waals surface area contributed by atoms with Crippen LogP contribution < -0.4 is 18.9 Å². The Labute approximate surface area is 268 Å². The summed E-state index contributed by atoms with van der Waals surface area (Å²) >= 11 is 0. The summed E-state index contributed by atoms with van der Waals surface area (Å²) in [5.74, 6) is 0.144. The fraction of sp³-hybridized carbons (Fsp3) is 0.158. The van der Waals surface area contributed by atoms with Crippen molar-refractivity contribution >= 4 is 11.9 Å². The topological polar surface area (TPSA) is 89.5 Å². The third kappa shape index (κ3) is 8.04. The Morgan fingerprint density at radius 3 is 1.37 bits per heavy atom. The maximum Gasteiger partial charge on any atom is 0.342 e. The molecule has 8 heteroatoms. The monoisotopic (exact) mass is 618 g/mol. The molecule has 0 N–H and O–H groups in total. The molecule has 0 spiro atoms. The summed E-state index contributed by atoms with van der Waals surface area (Å²) in [6, 6.07) is 38.6. The number of hydrogen-bond donors (Lipinski definition) is 0. The first kappa shape index (κ1) is 31.7. The minimum Gasteiger partial charge on any atom is -0.490 e. The minimum atomic E-state index is -0.770. The van der Waals surface area contributed by atoms with Gasteiger partial charge in [0.1, 0.15) is 43.5 Å². The first-order valence-corrected chi connectivity index (χ1v) is 14.7. The molecular formula is C38H34O8. The Hall–Kier alpha value is -5.76. The van der Waals surface area contributed by atoms with Gasteiger partial charge in [0.25, 0.3) is 0 Å². The molecule has 0 saturated heterocycles. The fourth-order valence-electron chi connectivity index (χ4n) is 4.77. The zero-order valence-electron chi connectivity index (χ0n) is 25.6. The number of methoxy groups -OCH3 is 2. The number of ether oxygens (including phenoxy) is 6. The van der Waals surface area contributed by atoms with Gasteiger partial charge in [-0.25, -0.2) is 9.59 Å². The van der Waals surface area contributed by atoms with E-state index < -0.39 is 11.9 Å². The molecule has 0 saturated carbocycles. The first-order chi connectivity index (χ1) is 22.6. The second kappa shape index (κ2) is 15.8. The number of benzene rings is 5. The average molecular weight is 619 g/mol. The van der Waals surface area contributed by atoms with E-state index in [1.54, 1.807) is 6.07 Å². The van der Waals surface area contributed by atoms with Crippen LogP contribution in [-0.2, 0) is 9.47 Å². The molecule has 5 rings (SSSR count). The number of carbonyl (C=O) groups is 2. The molecule has 234 valence electrons. The van der Waals surface area contributed by atoms with E-state index in [0.29, 0.717) is 11.5 Å². The summed E-state index contributed by atoms with van der Waals surface area (Å²) in [5.41, 5.74) is 4.27.